The van der Waals surface area contributed by atoms with Crippen LogP contribution in [0.5, 0.6) is 0 Å². The molecule has 0 aromatic rings. The Hall–Kier alpha value is -0.120. The SMILES string of the molecule is CCN(CC)CC1(CN)CCOC1. The topological polar surface area (TPSA) is 38.5 Å². The molecule has 1 aliphatic rings. The van der Waals surface area contributed by atoms with Crippen LogP contribution in [0.1, 0.15) is 20.3 Å². The van der Waals surface area contributed by atoms with Gasteiger partial charge in [-0.05, 0) is 19.5 Å². The Kier molecular flexibility index (Phi) is 4.16. The summed E-state index contributed by atoms with van der Waals surface area (Å²) >= 11 is 0. The van der Waals surface area contributed by atoms with Crippen LogP contribution in [0.15, 0.2) is 0 Å². The Morgan fingerprint density at radius 2 is 2.08 bits per heavy atom. The first-order valence-corrected chi connectivity index (χ1v) is 5.26. The van der Waals surface area contributed by atoms with Crippen molar-refractivity contribution in [1.29, 1.82) is 0 Å². The fourth-order valence-electron chi connectivity index (χ4n) is 1.92. The van der Waals surface area contributed by atoms with Gasteiger partial charge in [-0.1, -0.05) is 13.8 Å². The molecule has 0 saturated carbocycles. The molecule has 0 radical (unpaired) electrons. The minimum absolute atomic E-state index is 0.242. The molecule has 1 saturated heterocycles. The van der Waals surface area contributed by atoms with Crippen molar-refractivity contribution < 1.29 is 4.74 Å². The summed E-state index contributed by atoms with van der Waals surface area (Å²) in [5.41, 5.74) is 6.06. The van der Waals surface area contributed by atoms with E-state index in [9.17, 15) is 0 Å². The molecule has 1 rings (SSSR count). The fraction of sp³-hybridized carbons (Fsp3) is 1.00. The Morgan fingerprint density at radius 3 is 2.46 bits per heavy atom. The van der Waals surface area contributed by atoms with Gasteiger partial charge in [0.25, 0.3) is 0 Å². The third kappa shape index (κ3) is 2.66. The van der Waals surface area contributed by atoms with Gasteiger partial charge in [0.05, 0.1) is 6.61 Å². The van der Waals surface area contributed by atoms with Crippen LogP contribution in [-0.4, -0.2) is 44.3 Å². The highest BCUT2D eigenvalue weighted by Crippen LogP contribution is 2.28. The summed E-state index contributed by atoms with van der Waals surface area (Å²) in [6.45, 7) is 10.2. The van der Waals surface area contributed by atoms with Gasteiger partial charge in [0.1, 0.15) is 0 Å². The van der Waals surface area contributed by atoms with Crippen molar-refractivity contribution in [2.24, 2.45) is 11.1 Å². The number of hydrogen-bond donors (Lipinski definition) is 1. The molecule has 1 atom stereocenters. The lowest BCUT2D eigenvalue weighted by atomic mass is 9.87. The Bertz CT molecular complexity index is 140. The lowest BCUT2D eigenvalue weighted by molar-refractivity contribution is 0.119. The largest absolute Gasteiger partial charge is 0.381 e. The van der Waals surface area contributed by atoms with Crippen molar-refractivity contribution in [3.05, 3.63) is 0 Å². The predicted octanol–water partition coefficient (Wildman–Crippen LogP) is 0.694. The summed E-state index contributed by atoms with van der Waals surface area (Å²) < 4.78 is 5.43. The first kappa shape index (κ1) is 11.0. The van der Waals surface area contributed by atoms with Crippen LogP contribution in [0.4, 0.5) is 0 Å². The van der Waals surface area contributed by atoms with Crippen LogP contribution >= 0.6 is 0 Å². The van der Waals surface area contributed by atoms with Gasteiger partial charge in [0.2, 0.25) is 0 Å². The van der Waals surface area contributed by atoms with Crippen LogP contribution in [0.25, 0.3) is 0 Å². The predicted molar refractivity (Wildman–Crippen MR) is 54.7 cm³/mol. The smallest absolute Gasteiger partial charge is 0.0547 e. The van der Waals surface area contributed by atoms with Crippen LogP contribution < -0.4 is 5.73 Å². The molecule has 2 N–H and O–H groups in total. The van der Waals surface area contributed by atoms with Gasteiger partial charge in [-0.3, -0.25) is 0 Å². The Labute approximate surface area is 81.2 Å². The lowest BCUT2D eigenvalue weighted by Crippen LogP contribution is -2.43. The number of hydrogen-bond acceptors (Lipinski definition) is 3. The molecular formula is C10H22N2O. The standard InChI is InChI=1S/C10H22N2O/c1-3-12(4-2)8-10(7-11)5-6-13-9-10/h3-9,11H2,1-2H3. The Balaban J connectivity index is 2.46. The highest BCUT2D eigenvalue weighted by atomic mass is 16.5. The molecule has 0 aromatic carbocycles. The zero-order valence-corrected chi connectivity index (χ0v) is 8.88. The fourth-order valence-corrected chi connectivity index (χ4v) is 1.92. The normalized spacial score (nSPS) is 28.6. The van der Waals surface area contributed by atoms with E-state index in [-0.39, 0.29) is 5.41 Å². The van der Waals surface area contributed by atoms with Gasteiger partial charge in [0.15, 0.2) is 0 Å². The maximum absolute atomic E-state index is 5.82. The molecule has 0 aliphatic carbocycles. The van der Waals surface area contributed by atoms with Crippen LogP contribution in [0.2, 0.25) is 0 Å². The van der Waals surface area contributed by atoms with E-state index in [2.05, 4.69) is 18.7 Å². The van der Waals surface area contributed by atoms with Crippen molar-refractivity contribution in [2.45, 2.75) is 20.3 Å². The van der Waals surface area contributed by atoms with Crippen LogP contribution in [-0.2, 0) is 4.74 Å². The zero-order valence-electron chi connectivity index (χ0n) is 8.88. The molecule has 1 unspecified atom stereocenters. The summed E-state index contributed by atoms with van der Waals surface area (Å²) in [6.07, 6.45) is 1.12. The van der Waals surface area contributed by atoms with Crippen molar-refractivity contribution in [3.63, 3.8) is 0 Å². The van der Waals surface area contributed by atoms with E-state index in [4.69, 9.17) is 10.5 Å². The molecule has 1 heterocycles. The molecule has 0 bridgehead atoms. The maximum Gasteiger partial charge on any atom is 0.0547 e. The summed E-state index contributed by atoms with van der Waals surface area (Å²) in [5, 5.41) is 0. The number of nitrogens with zero attached hydrogens (tertiary/aromatic N) is 1. The highest BCUT2D eigenvalue weighted by Gasteiger charge is 2.34. The van der Waals surface area contributed by atoms with Crippen molar-refractivity contribution in [2.75, 3.05) is 39.4 Å². The quantitative estimate of drug-likeness (QED) is 0.686. The lowest BCUT2D eigenvalue weighted by Gasteiger charge is -2.31. The van der Waals surface area contributed by atoms with Crippen molar-refractivity contribution in [3.8, 4) is 0 Å². The van der Waals surface area contributed by atoms with E-state index in [0.29, 0.717) is 0 Å². The van der Waals surface area contributed by atoms with E-state index < -0.39 is 0 Å². The first-order valence-electron chi connectivity index (χ1n) is 5.26. The second-order valence-corrected chi connectivity index (χ2v) is 3.97. The number of nitrogens with two attached hydrogens (primary N) is 1. The van der Waals surface area contributed by atoms with E-state index >= 15 is 0 Å². The summed E-state index contributed by atoms with van der Waals surface area (Å²) in [4.78, 5) is 2.43. The van der Waals surface area contributed by atoms with Gasteiger partial charge < -0.3 is 15.4 Å². The van der Waals surface area contributed by atoms with Gasteiger partial charge in [-0.15, -0.1) is 0 Å². The van der Waals surface area contributed by atoms with Gasteiger partial charge in [-0.25, -0.2) is 0 Å². The molecule has 13 heavy (non-hydrogen) atoms. The Morgan fingerprint density at radius 1 is 1.38 bits per heavy atom. The molecule has 0 amide bonds. The van der Waals surface area contributed by atoms with E-state index in [0.717, 1.165) is 45.8 Å². The number of ether oxygens (including phenoxy) is 1. The maximum atomic E-state index is 5.82. The van der Waals surface area contributed by atoms with Crippen molar-refractivity contribution >= 4 is 0 Å². The number of rotatable bonds is 5. The second-order valence-electron chi connectivity index (χ2n) is 3.97. The van der Waals surface area contributed by atoms with Gasteiger partial charge in [0, 0.05) is 25.1 Å². The molecule has 1 aliphatic heterocycles. The zero-order chi connectivity index (χ0) is 9.73. The molecule has 78 valence electrons. The van der Waals surface area contributed by atoms with Crippen molar-refractivity contribution in [1.82, 2.24) is 4.90 Å². The molecule has 3 heteroatoms. The highest BCUT2D eigenvalue weighted by molar-refractivity contribution is 4.86. The van der Waals surface area contributed by atoms with Crippen LogP contribution in [0, 0.1) is 5.41 Å². The third-order valence-corrected chi connectivity index (χ3v) is 3.07. The van der Waals surface area contributed by atoms with Gasteiger partial charge in [-0.2, -0.15) is 0 Å². The average Bonchev–Trinajstić information content (AvgIpc) is 2.63. The summed E-state index contributed by atoms with van der Waals surface area (Å²) in [7, 11) is 0. The molecule has 0 aromatic heterocycles. The van der Waals surface area contributed by atoms with E-state index in [1.807, 2.05) is 0 Å². The molecule has 3 nitrogen and oxygen atoms in total. The monoisotopic (exact) mass is 186 g/mol. The molecule has 1 fully saturated rings. The van der Waals surface area contributed by atoms with E-state index in [1.54, 1.807) is 0 Å². The average molecular weight is 186 g/mol. The second kappa shape index (κ2) is 4.94. The summed E-state index contributed by atoms with van der Waals surface area (Å²) in [5.74, 6) is 0. The molecular weight excluding hydrogens is 164 g/mol. The minimum Gasteiger partial charge on any atom is -0.381 e. The molecule has 0 spiro atoms. The first-order chi connectivity index (χ1) is 6.26. The third-order valence-electron chi connectivity index (χ3n) is 3.07. The summed E-state index contributed by atoms with van der Waals surface area (Å²) in [6, 6.07) is 0. The van der Waals surface area contributed by atoms with Gasteiger partial charge >= 0.3 is 0 Å². The minimum atomic E-state index is 0.242. The van der Waals surface area contributed by atoms with E-state index in [1.165, 1.54) is 0 Å². The van der Waals surface area contributed by atoms with Crippen LogP contribution in [0.3, 0.4) is 0 Å².